The number of rotatable bonds is 4. The van der Waals surface area contributed by atoms with Crippen molar-refractivity contribution in [2.75, 3.05) is 18.0 Å². The maximum atomic E-state index is 14.6. The van der Waals surface area contributed by atoms with Gasteiger partial charge in [0.15, 0.2) is 0 Å². The molecule has 3 rings (SSSR count). The quantitative estimate of drug-likeness (QED) is 0.723. The molecule has 0 amide bonds. The van der Waals surface area contributed by atoms with Crippen molar-refractivity contribution in [2.45, 2.75) is 24.9 Å². The summed E-state index contributed by atoms with van der Waals surface area (Å²) in [7, 11) is 0. The topological polar surface area (TPSA) is 40.5 Å². The van der Waals surface area contributed by atoms with Gasteiger partial charge in [-0.25, -0.2) is 4.39 Å². The third-order valence-corrected chi connectivity index (χ3v) is 5.00. The largest absolute Gasteiger partial charge is 0.481 e. The zero-order valence-corrected chi connectivity index (χ0v) is 14.8. The number of carboxylic acids is 1. The van der Waals surface area contributed by atoms with Crippen molar-refractivity contribution in [3.05, 3.63) is 63.9 Å². The van der Waals surface area contributed by atoms with E-state index in [1.54, 1.807) is 12.1 Å². The Morgan fingerprint density at radius 3 is 2.63 bits per heavy atom. The van der Waals surface area contributed by atoms with Crippen LogP contribution in [0, 0.1) is 5.82 Å². The SMILES string of the molecule is O=C(O)Cc1cccc(C2CCN(c3ccc(C(F)(F)F)cc3Cl)C2)c1F. The number of alkyl halides is 3. The summed E-state index contributed by atoms with van der Waals surface area (Å²) in [5, 5.41) is 8.87. The summed E-state index contributed by atoms with van der Waals surface area (Å²) in [6, 6.07) is 7.85. The molecule has 0 saturated carbocycles. The molecule has 1 saturated heterocycles. The van der Waals surface area contributed by atoms with Crippen LogP contribution in [0.15, 0.2) is 36.4 Å². The first-order valence-electron chi connectivity index (χ1n) is 8.27. The number of aliphatic carboxylic acids is 1. The Labute approximate surface area is 158 Å². The van der Waals surface area contributed by atoms with Crippen LogP contribution in [-0.2, 0) is 17.4 Å². The van der Waals surface area contributed by atoms with Crippen LogP contribution in [0.3, 0.4) is 0 Å². The highest BCUT2D eigenvalue weighted by Gasteiger charge is 2.32. The fraction of sp³-hybridized carbons (Fsp3) is 0.316. The molecular formula is C19H16ClF4NO2. The number of hydrogen-bond acceptors (Lipinski definition) is 2. The molecule has 8 heteroatoms. The van der Waals surface area contributed by atoms with Crippen LogP contribution in [0.2, 0.25) is 5.02 Å². The molecule has 1 N–H and O–H groups in total. The number of hydrogen-bond donors (Lipinski definition) is 1. The van der Waals surface area contributed by atoms with Gasteiger partial charge in [0, 0.05) is 19.0 Å². The Balaban J connectivity index is 1.81. The van der Waals surface area contributed by atoms with E-state index in [0.29, 0.717) is 30.8 Å². The molecule has 144 valence electrons. The minimum Gasteiger partial charge on any atom is -0.481 e. The van der Waals surface area contributed by atoms with Crippen molar-refractivity contribution in [3.8, 4) is 0 Å². The van der Waals surface area contributed by atoms with Crippen LogP contribution in [0.5, 0.6) is 0 Å². The molecule has 0 bridgehead atoms. The van der Waals surface area contributed by atoms with Crippen LogP contribution >= 0.6 is 11.6 Å². The van der Waals surface area contributed by atoms with Crippen LogP contribution in [-0.4, -0.2) is 24.2 Å². The Morgan fingerprint density at radius 1 is 1.26 bits per heavy atom. The predicted octanol–water partition coefficient (Wildman–Crippen LogP) is 5.12. The lowest BCUT2D eigenvalue weighted by atomic mass is 9.95. The summed E-state index contributed by atoms with van der Waals surface area (Å²) in [5.41, 5.74) is 0.180. The highest BCUT2D eigenvalue weighted by molar-refractivity contribution is 6.33. The molecule has 1 fully saturated rings. The fourth-order valence-electron chi connectivity index (χ4n) is 3.39. The number of carboxylic acid groups (broad SMARTS) is 1. The van der Waals surface area contributed by atoms with E-state index in [2.05, 4.69) is 0 Å². The van der Waals surface area contributed by atoms with Gasteiger partial charge < -0.3 is 10.0 Å². The summed E-state index contributed by atoms with van der Waals surface area (Å²) >= 11 is 6.04. The minimum atomic E-state index is -4.47. The summed E-state index contributed by atoms with van der Waals surface area (Å²) in [4.78, 5) is 12.7. The monoisotopic (exact) mass is 401 g/mol. The first kappa shape index (κ1) is 19.5. The van der Waals surface area contributed by atoms with Crippen molar-refractivity contribution in [3.63, 3.8) is 0 Å². The van der Waals surface area contributed by atoms with E-state index >= 15 is 0 Å². The lowest BCUT2D eigenvalue weighted by Gasteiger charge is -2.21. The van der Waals surface area contributed by atoms with E-state index < -0.39 is 29.9 Å². The summed E-state index contributed by atoms with van der Waals surface area (Å²) in [6.07, 6.45) is -4.28. The molecule has 1 unspecified atom stereocenters. The second-order valence-electron chi connectivity index (χ2n) is 6.49. The molecule has 0 aliphatic carbocycles. The molecular weight excluding hydrogens is 386 g/mol. The van der Waals surface area contributed by atoms with Crippen LogP contribution in [0.25, 0.3) is 0 Å². The van der Waals surface area contributed by atoms with Gasteiger partial charge in [-0.1, -0.05) is 29.8 Å². The third kappa shape index (κ3) is 4.18. The Bertz CT molecular complexity index is 869. The van der Waals surface area contributed by atoms with E-state index in [0.717, 1.165) is 12.1 Å². The molecule has 1 atom stereocenters. The zero-order chi connectivity index (χ0) is 19.8. The summed E-state index contributed by atoms with van der Waals surface area (Å²) in [5.74, 6) is -1.85. The number of halogens is 5. The minimum absolute atomic E-state index is 0.00873. The van der Waals surface area contributed by atoms with Crippen molar-refractivity contribution in [1.29, 1.82) is 0 Å². The van der Waals surface area contributed by atoms with Crippen molar-refractivity contribution >= 4 is 23.3 Å². The standard InChI is InChI=1S/C19H16ClF4NO2/c20-15-9-13(19(22,23)24)4-5-16(15)25-7-6-12(10-25)14-3-1-2-11(18(14)21)8-17(26)27/h1-5,9,12H,6-8,10H2,(H,26,27). The van der Waals surface area contributed by atoms with Gasteiger partial charge in [-0.15, -0.1) is 0 Å². The van der Waals surface area contributed by atoms with Gasteiger partial charge in [0.2, 0.25) is 0 Å². The first-order valence-corrected chi connectivity index (χ1v) is 8.65. The Hall–Kier alpha value is -2.28. The van der Waals surface area contributed by atoms with Gasteiger partial charge in [-0.3, -0.25) is 4.79 Å². The van der Waals surface area contributed by atoms with E-state index in [1.165, 1.54) is 12.1 Å². The van der Waals surface area contributed by atoms with E-state index in [1.807, 2.05) is 4.90 Å². The molecule has 0 spiro atoms. The molecule has 1 heterocycles. The van der Waals surface area contributed by atoms with Gasteiger partial charge in [-0.2, -0.15) is 13.2 Å². The third-order valence-electron chi connectivity index (χ3n) is 4.69. The maximum Gasteiger partial charge on any atom is 0.416 e. The van der Waals surface area contributed by atoms with E-state index in [-0.39, 0.29) is 16.5 Å². The predicted molar refractivity (Wildman–Crippen MR) is 93.8 cm³/mol. The molecule has 1 aliphatic rings. The lowest BCUT2D eigenvalue weighted by molar-refractivity contribution is -0.138. The number of carbonyl (C=O) groups is 1. The van der Waals surface area contributed by atoms with Crippen molar-refractivity contribution < 1.29 is 27.5 Å². The normalized spacial score (nSPS) is 17.4. The molecule has 3 nitrogen and oxygen atoms in total. The smallest absolute Gasteiger partial charge is 0.416 e. The molecule has 0 aromatic heterocycles. The second kappa shape index (κ2) is 7.38. The summed E-state index contributed by atoms with van der Waals surface area (Å²) in [6.45, 7) is 0.900. The highest BCUT2D eigenvalue weighted by atomic mass is 35.5. The first-order chi connectivity index (χ1) is 12.7. The Morgan fingerprint density at radius 2 is 2.00 bits per heavy atom. The molecule has 2 aromatic carbocycles. The van der Waals surface area contributed by atoms with Crippen LogP contribution < -0.4 is 4.90 Å². The zero-order valence-electron chi connectivity index (χ0n) is 14.1. The van der Waals surface area contributed by atoms with Crippen molar-refractivity contribution in [1.82, 2.24) is 0 Å². The number of anilines is 1. The lowest BCUT2D eigenvalue weighted by Crippen LogP contribution is -2.20. The molecule has 1 aliphatic heterocycles. The average Bonchev–Trinajstić information content (AvgIpc) is 3.05. The van der Waals surface area contributed by atoms with Crippen LogP contribution in [0.4, 0.5) is 23.2 Å². The van der Waals surface area contributed by atoms with Gasteiger partial charge in [0.05, 0.1) is 22.7 Å². The molecule has 0 radical (unpaired) electrons. The maximum absolute atomic E-state index is 14.6. The van der Waals surface area contributed by atoms with Gasteiger partial charge in [0.1, 0.15) is 5.82 Å². The highest BCUT2D eigenvalue weighted by Crippen LogP contribution is 2.39. The van der Waals surface area contributed by atoms with Crippen molar-refractivity contribution in [2.24, 2.45) is 0 Å². The molecule has 27 heavy (non-hydrogen) atoms. The van der Waals surface area contributed by atoms with Gasteiger partial charge in [0.25, 0.3) is 0 Å². The Kier molecular flexibility index (Phi) is 5.33. The van der Waals surface area contributed by atoms with Gasteiger partial charge in [-0.05, 0) is 35.7 Å². The van der Waals surface area contributed by atoms with E-state index in [9.17, 15) is 22.4 Å². The summed E-state index contributed by atoms with van der Waals surface area (Å²) < 4.78 is 53.0. The van der Waals surface area contributed by atoms with E-state index in [4.69, 9.17) is 16.7 Å². The fourth-order valence-corrected chi connectivity index (χ4v) is 3.69. The average molecular weight is 402 g/mol. The second-order valence-corrected chi connectivity index (χ2v) is 6.89. The van der Waals surface area contributed by atoms with Gasteiger partial charge >= 0.3 is 12.1 Å². The number of nitrogens with zero attached hydrogens (tertiary/aromatic N) is 1. The van der Waals surface area contributed by atoms with Crippen LogP contribution in [0.1, 0.15) is 29.0 Å². The molecule has 2 aromatic rings. The number of benzene rings is 2.